The summed E-state index contributed by atoms with van der Waals surface area (Å²) in [6.45, 7) is 4.69. The number of ether oxygens (including phenoxy) is 1. The van der Waals surface area contributed by atoms with Crippen molar-refractivity contribution in [1.29, 1.82) is 0 Å². The summed E-state index contributed by atoms with van der Waals surface area (Å²) in [5, 5.41) is 0.325. The maximum Gasteiger partial charge on any atom is 0.355 e. The van der Waals surface area contributed by atoms with E-state index in [1.165, 1.54) is 29.7 Å². The summed E-state index contributed by atoms with van der Waals surface area (Å²) in [7, 11) is -4.78. The number of carbonyl (C=O) groups is 1. The third kappa shape index (κ3) is 6.75. The highest BCUT2D eigenvalue weighted by Gasteiger charge is 2.32. The summed E-state index contributed by atoms with van der Waals surface area (Å²) in [6.07, 6.45) is 6.13. The zero-order valence-electron chi connectivity index (χ0n) is 19.2. The van der Waals surface area contributed by atoms with Crippen molar-refractivity contribution in [3.63, 3.8) is 0 Å². The number of likely N-dealkylation sites (tertiary alicyclic amines) is 1. The Morgan fingerprint density at radius 1 is 1.46 bits per heavy atom. The summed E-state index contributed by atoms with van der Waals surface area (Å²) < 4.78 is 55.5. The Labute approximate surface area is 206 Å². The van der Waals surface area contributed by atoms with E-state index >= 15 is 0 Å². The molecule has 13 heteroatoms. The molecule has 2 heterocycles. The first-order valence-corrected chi connectivity index (χ1v) is 13.3. The Balaban J connectivity index is 1.73. The number of sulfonamides is 1. The molecule has 1 aromatic carbocycles. The van der Waals surface area contributed by atoms with Crippen LogP contribution in [0.3, 0.4) is 0 Å². The fraction of sp³-hybridized carbons (Fsp3) is 0.409. The van der Waals surface area contributed by atoms with Crippen LogP contribution >= 0.6 is 11.3 Å². The predicted octanol–water partition coefficient (Wildman–Crippen LogP) is 4.05. The summed E-state index contributed by atoms with van der Waals surface area (Å²) in [4.78, 5) is 24.2. The van der Waals surface area contributed by atoms with E-state index in [0.29, 0.717) is 30.1 Å². The van der Waals surface area contributed by atoms with Gasteiger partial charge in [0.1, 0.15) is 0 Å². The highest BCUT2D eigenvalue weighted by atomic mass is 32.2. The number of benzene rings is 1. The van der Waals surface area contributed by atoms with Gasteiger partial charge in [0.25, 0.3) is 15.9 Å². The van der Waals surface area contributed by atoms with Gasteiger partial charge in [0.15, 0.2) is 5.01 Å². The quantitative estimate of drug-likeness (QED) is 0.355. The van der Waals surface area contributed by atoms with Gasteiger partial charge in [-0.15, -0.1) is 11.3 Å². The summed E-state index contributed by atoms with van der Waals surface area (Å²) in [5.41, 5.74) is 6.31. The number of amides is 1. The van der Waals surface area contributed by atoms with Crippen molar-refractivity contribution in [3.8, 4) is 0 Å². The second-order valence-corrected chi connectivity index (χ2v) is 10.5. The number of aliphatic imine (C=N–C) groups is 1. The molecular formula is C22H27F2N5O4S2. The summed E-state index contributed by atoms with van der Waals surface area (Å²) in [6, 6.07) is 5.84. The molecule has 190 valence electrons. The van der Waals surface area contributed by atoms with Crippen LogP contribution in [-0.2, 0) is 14.8 Å². The zero-order chi connectivity index (χ0) is 25.6. The largest absolute Gasteiger partial charge is 0.479 e. The number of halogens is 2. The van der Waals surface area contributed by atoms with Gasteiger partial charge < -0.3 is 15.4 Å². The van der Waals surface area contributed by atoms with E-state index in [9.17, 15) is 22.0 Å². The molecule has 0 radical (unpaired) electrons. The fourth-order valence-corrected chi connectivity index (χ4v) is 5.05. The Morgan fingerprint density at radius 2 is 2.23 bits per heavy atom. The lowest BCUT2D eigenvalue weighted by molar-refractivity contribution is 0.0735. The van der Waals surface area contributed by atoms with Crippen LogP contribution in [0.5, 0.6) is 0 Å². The smallest absolute Gasteiger partial charge is 0.355 e. The molecule has 0 bridgehead atoms. The lowest BCUT2D eigenvalue weighted by atomic mass is 10.0. The molecule has 1 fully saturated rings. The van der Waals surface area contributed by atoms with Crippen LogP contribution in [0.4, 0.5) is 14.5 Å². The number of nitrogens with zero attached hydrogens (tertiary/aromatic N) is 3. The molecule has 0 saturated carbocycles. The van der Waals surface area contributed by atoms with E-state index in [0.717, 1.165) is 11.3 Å². The molecule has 35 heavy (non-hydrogen) atoms. The van der Waals surface area contributed by atoms with Crippen LogP contribution in [0, 0.1) is 0 Å². The van der Waals surface area contributed by atoms with Gasteiger partial charge in [-0.05, 0) is 37.5 Å². The molecule has 2 unspecified atom stereocenters. The molecule has 1 aliphatic heterocycles. The first-order valence-electron chi connectivity index (χ1n) is 10.9. The number of alkyl halides is 2. The third-order valence-electron chi connectivity index (χ3n) is 5.26. The highest BCUT2D eigenvalue weighted by molar-refractivity contribution is 7.93. The van der Waals surface area contributed by atoms with Gasteiger partial charge in [0, 0.05) is 35.4 Å². The van der Waals surface area contributed by atoms with Crippen molar-refractivity contribution >= 4 is 39.2 Å². The minimum absolute atomic E-state index is 0.0192. The second kappa shape index (κ2) is 11.6. The number of nitrogens with two attached hydrogens (primary N) is 1. The lowest BCUT2D eigenvalue weighted by Crippen LogP contribution is -2.30. The van der Waals surface area contributed by atoms with E-state index < -0.39 is 15.8 Å². The van der Waals surface area contributed by atoms with Crippen LogP contribution in [0.25, 0.3) is 0 Å². The fourth-order valence-electron chi connectivity index (χ4n) is 3.62. The van der Waals surface area contributed by atoms with Crippen LogP contribution in [0.2, 0.25) is 0 Å². The van der Waals surface area contributed by atoms with Gasteiger partial charge in [-0.1, -0.05) is 19.1 Å². The normalized spacial score (nSPS) is 17.8. The molecule has 1 saturated heterocycles. The molecule has 0 spiro atoms. The van der Waals surface area contributed by atoms with E-state index in [2.05, 4.69) is 9.98 Å². The van der Waals surface area contributed by atoms with Gasteiger partial charge in [-0.2, -0.15) is 8.78 Å². The molecule has 0 aliphatic carbocycles. The van der Waals surface area contributed by atoms with Crippen molar-refractivity contribution in [2.45, 2.75) is 44.4 Å². The average Bonchev–Trinajstić information content (AvgIpc) is 3.49. The standard InChI is InChI=1S/C22H27F2N5O4S2/c1-3-33-19(25)13-26-11-14(2)18-12-27-20(34-18)21(30)29-9-5-8-17(29)15-6-4-7-16(10-15)28-35(31,32)22(23)24/h4,6-7,10-14,17,22,28H,3,5,8-9,25H2,1-2H3/b19-13+,26-11?. The minimum Gasteiger partial charge on any atom is -0.479 e. The number of nitrogens with one attached hydrogen (secondary N) is 1. The molecule has 1 aliphatic rings. The molecule has 2 aromatic rings. The van der Waals surface area contributed by atoms with Crippen molar-refractivity contribution in [3.05, 3.63) is 58.0 Å². The molecule has 2 atom stereocenters. The van der Waals surface area contributed by atoms with Crippen molar-refractivity contribution in [1.82, 2.24) is 9.88 Å². The van der Waals surface area contributed by atoms with Crippen LogP contribution in [0.15, 0.2) is 47.5 Å². The highest BCUT2D eigenvalue weighted by Crippen LogP contribution is 2.35. The average molecular weight is 528 g/mol. The number of hydrogen-bond donors (Lipinski definition) is 2. The topological polar surface area (TPSA) is 127 Å². The van der Waals surface area contributed by atoms with Gasteiger partial charge in [-0.3, -0.25) is 14.5 Å². The van der Waals surface area contributed by atoms with Crippen molar-refractivity contribution in [2.24, 2.45) is 10.7 Å². The van der Waals surface area contributed by atoms with E-state index in [1.54, 1.807) is 29.4 Å². The van der Waals surface area contributed by atoms with Crippen LogP contribution < -0.4 is 10.5 Å². The minimum atomic E-state index is -4.78. The van der Waals surface area contributed by atoms with Crippen molar-refractivity contribution in [2.75, 3.05) is 17.9 Å². The Morgan fingerprint density at radius 3 is 2.94 bits per heavy atom. The van der Waals surface area contributed by atoms with E-state index in [-0.39, 0.29) is 29.4 Å². The van der Waals surface area contributed by atoms with Gasteiger partial charge in [0.2, 0.25) is 5.88 Å². The number of rotatable bonds is 10. The second-order valence-electron chi connectivity index (χ2n) is 7.81. The third-order valence-corrected chi connectivity index (χ3v) is 7.43. The lowest BCUT2D eigenvalue weighted by Gasteiger charge is -2.24. The molecule has 9 nitrogen and oxygen atoms in total. The maximum atomic E-state index is 13.2. The first kappa shape index (κ1) is 26.5. The Kier molecular flexibility index (Phi) is 8.78. The summed E-state index contributed by atoms with van der Waals surface area (Å²) >= 11 is 1.26. The zero-order valence-corrected chi connectivity index (χ0v) is 20.9. The predicted molar refractivity (Wildman–Crippen MR) is 131 cm³/mol. The first-order chi connectivity index (χ1) is 16.6. The monoisotopic (exact) mass is 527 g/mol. The molecule has 3 N–H and O–H groups in total. The Bertz CT molecular complexity index is 1200. The van der Waals surface area contributed by atoms with Crippen LogP contribution in [-0.4, -0.2) is 49.3 Å². The Hall–Kier alpha value is -3.06. The van der Waals surface area contributed by atoms with Gasteiger partial charge in [-0.25, -0.2) is 13.4 Å². The molecule has 1 amide bonds. The SMILES string of the molecule is CCO/C(N)=C/N=CC(C)c1cnc(C(=O)N2CCCC2c2cccc(NS(=O)(=O)C(F)F)c2)s1. The van der Waals surface area contributed by atoms with Crippen LogP contribution in [0.1, 0.15) is 58.9 Å². The van der Waals surface area contributed by atoms with Gasteiger partial charge >= 0.3 is 5.76 Å². The molecule has 1 aromatic heterocycles. The number of anilines is 1. The van der Waals surface area contributed by atoms with Crippen molar-refractivity contribution < 1.29 is 26.7 Å². The number of thiazole rings is 1. The number of aromatic nitrogens is 1. The molecule has 3 rings (SSSR count). The molecular weight excluding hydrogens is 500 g/mol. The maximum absolute atomic E-state index is 13.2. The van der Waals surface area contributed by atoms with E-state index in [1.807, 2.05) is 18.6 Å². The van der Waals surface area contributed by atoms with E-state index in [4.69, 9.17) is 10.5 Å². The summed E-state index contributed by atoms with van der Waals surface area (Å²) in [5.74, 6) is -3.68. The van der Waals surface area contributed by atoms with Gasteiger partial charge in [0.05, 0.1) is 18.8 Å². The number of hydrogen-bond acceptors (Lipinski definition) is 8. The number of carbonyl (C=O) groups excluding carboxylic acids is 1.